The van der Waals surface area contributed by atoms with Crippen molar-refractivity contribution in [2.24, 2.45) is 0 Å². The van der Waals surface area contributed by atoms with Crippen molar-refractivity contribution in [2.75, 3.05) is 0 Å². The molecule has 102 valence electrons. The molecule has 2 amide bonds. The number of nitrogens with zero attached hydrogens (tertiary/aromatic N) is 1. The van der Waals surface area contributed by atoms with Gasteiger partial charge in [-0.15, -0.1) is 0 Å². The van der Waals surface area contributed by atoms with Gasteiger partial charge in [-0.3, -0.25) is 4.79 Å². The number of benzene rings is 1. The lowest BCUT2D eigenvalue weighted by molar-refractivity contribution is 0.0248. The van der Waals surface area contributed by atoms with Crippen LogP contribution in [-0.4, -0.2) is 27.6 Å². The minimum atomic E-state index is -0.680. The summed E-state index contributed by atoms with van der Waals surface area (Å²) >= 11 is 3.22. The molecule has 2 rings (SSSR count). The van der Waals surface area contributed by atoms with Gasteiger partial charge in [-0.25, -0.2) is 9.69 Å². The molecular weight excluding hydrogens is 314 g/mol. The molecule has 0 unspecified atom stereocenters. The van der Waals surface area contributed by atoms with E-state index in [1.807, 2.05) is 0 Å². The van der Waals surface area contributed by atoms with Crippen molar-refractivity contribution in [2.45, 2.75) is 32.9 Å². The first-order chi connectivity index (χ1) is 8.69. The Morgan fingerprint density at radius 1 is 1.42 bits per heavy atom. The van der Waals surface area contributed by atoms with E-state index in [-0.39, 0.29) is 12.3 Å². The highest BCUT2D eigenvalue weighted by Crippen LogP contribution is 2.33. The summed E-state index contributed by atoms with van der Waals surface area (Å²) < 4.78 is 5.65. The average Bonchev–Trinajstić information content (AvgIpc) is 2.53. The molecule has 1 aromatic carbocycles. The zero-order chi connectivity index (χ0) is 14.4. The maximum atomic E-state index is 12.2. The number of amides is 2. The normalized spacial score (nSPS) is 14.5. The number of hydrogen-bond donors (Lipinski definition) is 1. The zero-order valence-electron chi connectivity index (χ0n) is 10.9. The summed E-state index contributed by atoms with van der Waals surface area (Å²) in [6, 6.07) is 2.90. The van der Waals surface area contributed by atoms with Crippen LogP contribution in [0.4, 0.5) is 4.79 Å². The predicted octanol–water partition coefficient (Wildman–Crippen LogP) is 3.05. The summed E-state index contributed by atoms with van der Waals surface area (Å²) in [5.74, 6) is -0.374. The van der Waals surface area contributed by atoms with Crippen LogP contribution in [0.3, 0.4) is 0 Å². The summed E-state index contributed by atoms with van der Waals surface area (Å²) in [5.41, 5.74) is 0.331. The molecule has 0 aliphatic carbocycles. The molecule has 19 heavy (non-hydrogen) atoms. The Bertz CT molecular complexity index is 562. The second-order valence-corrected chi connectivity index (χ2v) is 6.19. The minimum Gasteiger partial charge on any atom is -0.508 e. The first kappa shape index (κ1) is 13.9. The SMILES string of the molecule is CC(C)(C)OC(=O)N1Cc2cc(O)cc(Br)c2C1=O. The number of imide groups is 1. The highest BCUT2D eigenvalue weighted by Gasteiger charge is 2.36. The lowest BCUT2D eigenvalue weighted by Crippen LogP contribution is -2.36. The molecule has 0 atom stereocenters. The number of hydrogen-bond acceptors (Lipinski definition) is 4. The molecule has 1 N–H and O–H groups in total. The molecule has 0 fully saturated rings. The fourth-order valence-corrected chi connectivity index (χ4v) is 2.51. The van der Waals surface area contributed by atoms with Crippen LogP contribution in [0.2, 0.25) is 0 Å². The van der Waals surface area contributed by atoms with Gasteiger partial charge in [-0.2, -0.15) is 0 Å². The molecule has 1 aliphatic rings. The van der Waals surface area contributed by atoms with Crippen LogP contribution in [0.25, 0.3) is 0 Å². The fourth-order valence-electron chi connectivity index (χ4n) is 1.85. The molecule has 1 aliphatic heterocycles. The van der Waals surface area contributed by atoms with E-state index in [2.05, 4.69) is 15.9 Å². The van der Waals surface area contributed by atoms with Gasteiger partial charge in [0.15, 0.2) is 0 Å². The Labute approximate surface area is 119 Å². The molecule has 0 saturated heterocycles. The van der Waals surface area contributed by atoms with E-state index in [1.54, 1.807) is 20.8 Å². The third kappa shape index (κ3) is 2.73. The summed E-state index contributed by atoms with van der Waals surface area (Å²) in [5, 5.41) is 9.50. The Balaban J connectivity index is 2.29. The van der Waals surface area contributed by atoms with E-state index >= 15 is 0 Å². The Morgan fingerprint density at radius 3 is 2.63 bits per heavy atom. The first-order valence-electron chi connectivity index (χ1n) is 5.75. The van der Waals surface area contributed by atoms with Crippen LogP contribution in [0, 0.1) is 0 Å². The molecule has 6 heteroatoms. The number of aromatic hydroxyl groups is 1. The fraction of sp³-hybridized carbons (Fsp3) is 0.385. The predicted molar refractivity (Wildman–Crippen MR) is 71.9 cm³/mol. The van der Waals surface area contributed by atoms with Gasteiger partial charge in [0, 0.05) is 4.47 Å². The Morgan fingerprint density at radius 2 is 2.05 bits per heavy atom. The van der Waals surface area contributed by atoms with Crippen LogP contribution in [0.1, 0.15) is 36.7 Å². The van der Waals surface area contributed by atoms with Crippen LogP contribution in [0.5, 0.6) is 5.75 Å². The lowest BCUT2D eigenvalue weighted by Gasteiger charge is -2.23. The number of halogens is 1. The molecular formula is C13H14BrNO4. The van der Waals surface area contributed by atoms with Crippen molar-refractivity contribution in [3.8, 4) is 5.75 Å². The molecule has 1 heterocycles. The first-order valence-corrected chi connectivity index (χ1v) is 6.54. The second-order valence-electron chi connectivity index (χ2n) is 5.33. The number of phenols is 1. The number of ether oxygens (including phenoxy) is 1. The number of phenolic OH excluding ortho intramolecular Hbond substituents is 1. The van der Waals surface area contributed by atoms with Crippen molar-refractivity contribution < 1.29 is 19.4 Å². The van der Waals surface area contributed by atoms with Gasteiger partial charge >= 0.3 is 6.09 Å². The van der Waals surface area contributed by atoms with Gasteiger partial charge in [0.25, 0.3) is 5.91 Å². The van der Waals surface area contributed by atoms with Gasteiger partial charge in [0.05, 0.1) is 12.1 Å². The van der Waals surface area contributed by atoms with E-state index in [0.717, 1.165) is 4.90 Å². The third-order valence-corrected chi connectivity index (χ3v) is 3.18. The number of fused-ring (bicyclic) bond motifs is 1. The topological polar surface area (TPSA) is 66.8 Å². The maximum Gasteiger partial charge on any atom is 0.417 e. The van der Waals surface area contributed by atoms with Gasteiger partial charge in [0.2, 0.25) is 0 Å². The Kier molecular flexibility index (Phi) is 3.30. The van der Waals surface area contributed by atoms with Gasteiger partial charge < -0.3 is 9.84 Å². The minimum absolute atomic E-state index is 0.0458. The van der Waals surface area contributed by atoms with Crippen LogP contribution in [-0.2, 0) is 11.3 Å². The van der Waals surface area contributed by atoms with E-state index < -0.39 is 17.6 Å². The molecule has 0 radical (unpaired) electrons. The highest BCUT2D eigenvalue weighted by molar-refractivity contribution is 9.10. The van der Waals surface area contributed by atoms with E-state index in [9.17, 15) is 14.7 Å². The number of rotatable bonds is 0. The number of carbonyl (C=O) groups excluding carboxylic acids is 2. The maximum absolute atomic E-state index is 12.2. The third-order valence-electron chi connectivity index (χ3n) is 2.56. The average molecular weight is 328 g/mol. The van der Waals surface area contributed by atoms with Crippen molar-refractivity contribution in [3.05, 3.63) is 27.7 Å². The molecule has 5 nitrogen and oxygen atoms in total. The summed E-state index contributed by atoms with van der Waals surface area (Å²) in [7, 11) is 0. The van der Waals surface area contributed by atoms with Crippen molar-refractivity contribution in [1.82, 2.24) is 4.90 Å². The highest BCUT2D eigenvalue weighted by atomic mass is 79.9. The summed E-state index contributed by atoms with van der Waals surface area (Å²) in [6.45, 7) is 5.32. The van der Waals surface area contributed by atoms with Gasteiger partial charge in [-0.1, -0.05) is 0 Å². The van der Waals surface area contributed by atoms with Crippen LogP contribution >= 0.6 is 15.9 Å². The standard InChI is InChI=1S/C13H14BrNO4/c1-13(2,3)19-12(18)15-6-7-4-8(16)5-9(14)10(7)11(15)17/h4-5,16H,6H2,1-3H3. The zero-order valence-corrected chi connectivity index (χ0v) is 12.4. The van der Waals surface area contributed by atoms with E-state index in [0.29, 0.717) is 15.6 Å². The van der Waals surface area contributed by atoms with Crippen molar-refractivity contribution >= 4 is 27.9 Å². The quantitative estimate of drug-likeness (QED) is 0.795. The summed E-state index contributed by atoms with van der Waals surface area (Å²) in [4.78, 5) is 25.1. The molecule has 0 saturated carbocycles. The van der Waals surface area contributed by atoms with E-state index in [1.165, 1.54) is 12.1 Å². The molecule has 0 spiro atoms. The van der Waals surface area contributed by atoms with E-state index in [4.69, 9.17) is 4.74 Å². The van der Waals surface area contributed by atoms with Gasteiger partial charge in [-0.05, 0) is 54.4 Å². The molecule has 0 bridgehead atoms. The van der Waals surface area contributed by atoms with Crippen molar-refractivity contribution in [1.29, 1.82) is 0 Å². The van der Waals surface area contributed by atoms with Crippen molar-refractivity contribution in [3.63, 3.8) is 0 Å². The molecule has 1 aromatic rings. The Hall–Kier alpha value is -1.56. The molecule has 0 aromatic heterocycles. The largest absolute Gasteiger partial charge is 0.508 e. The number of carbonyl (C=O) groups is 2. The van der Waals surface area contributed by atoms with Gasteiger partial charge in [0.1, 0.15) is 11.4 Å². The monoisotopic (exact) mass is 327 g/mol. The second kappa shape index (κ2) is 4.52. The smallest absolute Gasteiger partial charge is 0.417 e. The lowest BCUT2D eigenvalue weighted by atomic mass is 10.1. The van der Waals surface area contributed by atoms with Crippen LogP contribution in [0.15, 0.2) is 16.6 Å². The summed E-state index contributed by atoms with van der Waals surface area (Å²) in [6.07, 6.45) is -0.680. The van der Waals surface area contributed by atoms with Crippen LogP contribution < -0.4 is 0 Å².